The molecule has 1 aliphatic carbocycles. The van der Waals surface area contributed by atoms with Crippen LogP contribution < -0.4 is 10.5 Å². The Balaban J connectivity index is 2.12. The number of benzene rings is 1. The van der Waals surface area contributed by atoms with Crippen LogP contribution in [0.3, 0.4) is 0 Å². The Morgan fingerprint density at radius 2 is 2.00 bits per heavy atom. The summed E-state index contributed by atoms with van der Waals surface area (Å²) < 4.78 is 10.8. The zero-order chi connectivity index (χ0) is 15.6. The summed E-state index contributed by atoms with van der Waals surface area (Å²) in [6.07, 6.45) is 2.85. The number of hydrogen-bond donors (Lipinski definition) is 1. The largest absolute Gasteiger partial charge is 0.496 e. The van der Waals surface area contributed by atoms with Crippen LogP contribution in [-0.4, -0.2) is 19.2 Å². The van der Waals surface area contributed by atoms with Crippen LogP contribution >= 0.6 is 11.6 Å². The summed E-state index contributed by atoms with van der Waals surface area (Å²) in [5.41, 5.74) is 6.42. The van der Waals surface area contributed by atoms with E-state index in [4.69, 9.17) is 26.8 Å². The third kappa shape index (κ3) is 3.62. The van der Waals surface area contributed by atoms with Gasteiger partial charge in [-0.3, -0.25) is 0 Å². The Morgan fingerprint density at radius 3 is 2.62 bits per heavy atom. The maximum absolute atomic E-state index is 12.3. The number of nitrogens with two attached hydrogens (primary N) is 1. The van der Waals surface area contributed by atoms with Crippen molar-refractivity contribution in [2.45, 2.75) is 39.2 Å². The number of esters is 1. The van der Waals surface area contributed by atoms with Crippen molar-refractivity contribution in [3.8, 4) is 5.75 Å². The zero-order valence-corrected chi connectivity index (χ0v) is 13.4. The Bertz CT molecular complexity index is 532. The van der Waals surface area contributed by atoms with Gasteiger partial charge >= 0.3 is 5.97 Å². The van der Waals surface area contributed by atoms with Crippen molar-refractivity contribution in [2.75, 3.05) is 12.8 Å². The van der Waals surface area contributed by atoms with Crippen LogP contribution in [0.25, 0.3) is 0 Å². The summed E-state index contributed by atoms with van der Waals surface area (Å²) in [4.78, 5) is 12.3. The third-order valence-electron chi connectivity index (χ3n) is 4.36. The van der Waals surface area contributed by atoms with Crippen molar-refractivity contribution in [1.29, 1.82) is 0 Å². The molecule has 1 aromatic rings. The minimum Gasteiger partial charge on any atom is -0.496 e. The molecule has 21 heavy (non-hydrogen) atoms. The van der Waals surface area contributed by atoms with Crippen LogP contribution in [0.4, 0.5) is 5.69 Å². The first-order chi connectivity index (χ1) is 9.92. The fourth-order valence-corrected chi connectivity index (χ4v) is 2.88. The number of anilines is 1. The molecule has 0 radical (unpaired) electrons. The second kappa shape index (κ2) is 6.56. The van der Waals surface area contributed by atoms with Crippen LogP contribution in [0.5, 0.6) is 5.75 Å². The molecule has 4 nitrogen and oxygen atoms in total. The predicted molar refractivity (Wildman–Crippen MR) is 83.8 cm³/mol. The maximum atomic E-state index is 12.3. The molecule has 1 aliphatic rings. The fourth-order valence-electron chi connectivity index (χ4n) is 2.72. The van der Waals surface area contributed by atoms with E-state index in [1.165, 1.54) is 13.2 Å². The molecule has 2 rings (SSSR count). The SMILES string of the molecule is COc1cc(N)c(Cl)cc1C(=O)OC1CCC(C)C(C)C1. The molecule has 0 spiro atoms. The van der Waals surface area contributed by atoms with Crippen molar-refractivity contribution in [3.05, 3.63) is 22.7 Å². The van der Waals surface area contributed by atoms with Gasteiger partial charge in [-0.1, -0.05) is 25.4 Å². The summed E-state index contributed by atoms with van der Waals surface area (Å²) in [6, 6.07) is 3.05. The van der Waals surface area contributed by atoms with Crippen LogP contribution in [0.1, 0.15) is 43.5 Å². The first-order valence-electron chi connectivity index (χ1n) is 7.26. The number of ether oxygens (including phenoxy) is 2. The van der Waals surface area contributed by atoms with Gasteiger partial charge in [-0.25, -0.2) is 4.79 Å². The normalized spacial score (nSPS) is 25.4. The average Bonchev–Trinajstić information content (AvgIpc) is 2.45. The lowest BCUT2D eigenvalue weighted by molar-refractivity contribution is 0.00851. The quantitative estimate of drug-likeness (QED) is 0.679. The summed E-state index contributed by atoms with van der Waals surface area (Å²) in [6.45, 7) is 4.44. The molecule has 1 fully saturated rings. The van der Waals surface area contributed by atoms with Crippen molar-refractivity contribution in [1.82, 2.24) is 0 Å². The number of nitrogen functional groups attached to an aromatic ring is 1. The minimum absolute atomic E-state index is 0.0373. The first kappa shape index (κ1) is 16.0. The Morgan fingerprint density at radius 1 is 1.29 bits per heavy atom. The van der Waals surface area contributed by atoms with E-state index in [0.29, 0.717) is 33.9 Å². The van der Waals surface area contributed by atoms with Gasteiger partial charge in [0.05, 0.1) is 17.8 Å². The maximum Gasteiger partial charge on any atom is 0.342 e. The molecule has 0 heterocycles. The number of hydrogen-bond acceptors (Lipinski definition) is 4. The van der Waals surface area contributed by atoms with Gasteiger partial charge < -0.3 is 15.2 Å². The molecule has 0 aliphatic heterocycles. The molecule has 0 bridgehead atoms. The minimum atomic E-state index is -0.402. The summed E-state index contributed by atoms with van der Waals surface area (Å²) in [5, 5.41) is 0.327. The number of halogens is 1. The number of rotatable bonds is 3. The van der Waals surface area contributed by atoms with Crippen LogP contribution in [0.15, 0.2) is 12.1 Å². The highest BCUT2D eigenvalue weighted by Gasteiger charge is 2.28. The van der Waals surface area contributed by atoms with E-state index >= 15 is 0 Å². The van der Waals surface area contributed by atoms with E-state index in [0.717, 1.165) is 19.3 Å². The third-order valence-corrected chi connectivity index (χ3v) is 4.69. The molecular weight excluding hydrogens is 290 g/mol. The molecule has 3 atom stereocenters. The highest BCUT2D eigenvalue weighted by atomic mass is 35.5. The van der Waals surface area contributed by atoms with Gasteiger partial charge in [-0.15, -0.1) is 0 Å². The zero-order valence-electron chi connectivity index (χ0n) is 12.7. The monoisotopic (exact) mass is 311 g/mol. The highest BCUT2D eigenvalue weighted by molar-refractivity contribution is 6.33. The van der Waals surface area contributed by atoms with E-state index < -0.39 is 5.97 Å². The summed E-state index contributed by atoms with van der Waals surface area (Å²) in [7, 11) is 1.49. The Kier molecular flexibility index (Phi) is 4.99. The van der Waals surface area contributed by atoms with E-state index in [-0.39, 0.29) is 6.10 Å². The lowest BCUT2D eigenvalue weighted by Gasteiger charge is -2.31. The molecular formula is C16H22ClNO3. The lowest BCUT2D eigenvalue weighted by Crippen LogP contribution is -2.28. The van der Waals surface area contributed by atoms with E-state index in [1.54, 1.807) is 6.07 Å². The average molecular weight is 312 g/mol. The van der Waals surface area contributed by atoms with Crippen LogP contribution in [-0.2, 0) is 4.74 Å². The Hall–Kier alpha value is -1.42. The molecule has 1 saturated carbocycles. The number of carbonyl (C=O) groups is 1. The van der Waals surface area contributed by atoms with E-state index in [9.17, 15) is 4.79 Å². The van der Waals surface area contributed by atoms with Gasteiger partial charge in [0.25, 0.3) is 0 Å². The molecule has 5 heteroatoms. The van der Waals surface area contributed by atoms with Crippen molar-refractivity contribution >= 4 is 23.3 Å². The molecule has 2 N–H and O–H groups in total. The Labute approximate surface area is 130 Å². The van der Waals surface area contributed by atoms with Crippen LogP contribution in [0.2, 0.25) is 5.02 Å². The smallest absolute Gasteiger partial charge is 0.342 e. The molecule has 0 amide bonds. The molecule has 1 aromatic carbocycles. The molecule has 116 valence electrons. The highest BCUT2D eigenvalue weighted by Crippen LogP contribution is 2.33. The fraction of sp³-hybridized carbons (Fsp3) is 0.562. The standard InChI is InChI=1S/C16H22ClNO3/c1-9-4-5-11(6-10(9)2)21-16(19)12-7-13(17)14(18)8-15(12)20-3/h7-11H,4-6,18H2,1-3H3. The van der Waals surface area contributed by atoms with Crippen molar-refractivity contribution < 1.29 is 14.3 Å². The van der Waals surface area contributed by atoms with Crippen molar-refractivity contribution in [3.63, 3.8) is 0 Å². The summed E-state index contributed by atoms with van der Waals surface area (Å²) in [5.74, 6) is 1.23. The van der Waals surface area contributed by atoms with Gasteiger partial charge in [-0.05, 0) is 37.2 Å². The first-order valence-corrected chi connectivity index (χ1v) is 7.64. The van der Waals surface area contributed by atoms with Crippen LogP contribution in [0, 0.1) is 11.8 Å². The molecule has 3 unspecified atom stereocenters. The lowest BCUT2D eigenvalue weighted by atomic mass is 9.80. The molecule has 0 aromatic heterocycles. The van der Waals surface area contributed by atoms with Gasteiger partial charge in [-0.2, -0.15) is 0 Å². The van der Waals surface area contributed by atoms with Crippen molar-refractivity contribution in [2.24, 2.45) is 11.8 Å². The second-order valence-electron chi connectivity index (χ2n) is 5.87. The number of carbonyl (C=O) groups excluding carboxylic acids is 1. The number of methoxy groups -OCH3 is 1. The van der Waals surface area contributed by atoms with Gasteiger partial charge in [0.1, 0.15) is 17.4 Å². The van der Waals surface area contributed by atoms with Gasteiger partial charge in [0.15, 0.2) is 0 Å². The topological polar surface area (TPSA) is 61.5 Å². The summed E-state index contributed by atoms with van der Waals surface area (Å²) >= 11 is 5.98. The van der Waals surface area contributed by atoms with E-state index in [2.05, 4.69) is 13.8 Å². The second-order valence-corrected chi connectivity index (χ2v) is 6.28. The predicted octanol–water partition coefficient (Wildman–Crippen LogP) is 3.91. The van der Waals surface area contributed by atoms with Gasteiger partial charge in [0.2, 0.25) is 0 Å². The molecule has 0 saturated heterocycles. The van der Waals surface area contributed by atoms with Gasteiger partial charge in [0, 0.05) is 6.07 Å². The van der Waals surface area contributed by atoms with E-state index in [1.807, 2.05) is 0 Å².